The second-order valence-electron chi connectivity index (χ2n) is 5.69. The van der Waals surface area contributed by atoms with Gasteiger partial charge in [0.1, 0.15) is 11.5 Å². The average molecular weight is 388 g/mol. The normalized spacial score (nSPS) is 15.7. The Morgan fingerprint density at radius 2 is 1.96 bits per heavy atom. The van der Waals surface area contributed by atoms with Crippen LogP contribution in [0, 0.1) is 10.1 Å². The molecule has 1 saturated heterocycles. The molecule has 0 aliphatic carbocycles. The number of methoxy groups -OCH3 is 1. The highest BCUT2D eigenvalue weighted by molar-refractivity contribution is 8.18. The fourth-order valence-electron chi connectivity index (χ4n) is 2.52. The summed E-state index contributed by atoms with van der Waals surface area (Å²) >= 11 is 0.868. The van der Waals surface area contributed by atoms with Crippen LogP contribution in [0.5, 0.6) is 0 Å². The molecule has 3 rings (SSSR count). The molecule has 1 aromatic heterocycles. The number of hydrogen-bond donors (Lipinski definition) is 0. The third kappa shape index (κ3) is 4.26. The van der Waals surface area contributed by atoms with Crippen LogP contribution in [-0.4, -0.2) is 41.2 Å². The molecule has 0 saturated carbocycles. The maximum atomic E-state index is 12.4. The zero-order valence-corrected chi connectivity index (χ0v) is 15.2. The third-order valence-corrected chi connectivity index (χ3v) is 4.77. The summed E-state index contributed by atoms with van der Waals surface area (Å²) in [6.07, 6.45) is 2.10. The van der Waals surface area contributed by atoms with Gasteiger partial charge in [-0.1, -0.05) is 0 Å². The number of benzene rings is 1. The number of imide groups is 1. The van der Waals surface area contributed by atoms with Crippen molar-refractivity contribution in [3.63, 3.8) is 0 Å². The Kier molecular flexibility index (Phi) is 5.72. The maximum absolute atomic E-state index is 12.4. The molecular formula is C18H16N2O6S. The highest BCUT2D eigenvalue weighted by Gasteiger charge is 2.34. The van der Waals surface area contributed by atoms with Crippen molar-refractivity contribution in [3.05, 3.63) is 57.2 Å². The van der Waals surface area contributed by atoms with Crippen LogP contribution in [0.25, 0.3) is 17.4 Å². The molecule has 0 N–H and O–H groups in total. The molecule has 0 radical (unpaired) electrons. The zero-order chi connectivity index (χ0) is 19.4. The van der Waals surface area contributed by atoms with Crippen molar-refractivity contribution in [2.45, 2.75) is 6.42 Å². The van der Waals surface area contributed by atoms with Crippen LogP contribution < -0.4 is 0 Å². The molecule has 0 unspecified atom stereocenters. The number of thioether (sulfide) groups is 1. The molecule has 9 heteroatoms. The van der Waals surface area contributed by atoms with Crippen LogP contribution in [0.15, 0.2) is 45.7 Å². The van der Waals surface area contributed by atoms with Crippen molar-refractivity contribution in [3.8, 4) is 11.3 Å². The summed E-state index contributed by atoms with van der Waals surface area (Å²) in [6, 6.07) is 9.34. The van der Waals surface area contributed by atoms with Gasteiger partial charge < -0.3 is 9.15 Å². The van der Waals surface area contributed by atoms with Crippen molar-refractivity contribution >= 4 is 34.7 Å². The monoisotopic (exact) mass is 388 g/mol. The number of nitrogens with zero attached hydrogens (tertiary/aromatic N) is 2. The van der Waals surface area contributed by atoms with Crippen LogP contribution >= 0.6 is 11.8 Å². The highest BCUT2D eigenvalue weighted by atomic mass is 32.2. The summed E-state index contributed by atoms with van der Waals surface area (Å²) < 4.78 is 10.6. The first-order chi connectivity index (χ1) is 13.0. The van der Waals surface area contributed by atoms with Crippen molar-refractivity contribution in [1.82, 2.24) is 4.90 Å². The summed E-state index contributed by atoms with van der Waals surface area (Å²) in [5.74, 6) is 0.579. The zero-order valence-electron chi connectivity index (χ0n) is 14.4. The first-order valence-corrected chi connectivity index (χ1v) is 8.90. The number of nitro groups is 1. The summed E-state index contributed by atoms with van der Waals surface area (Å²) in [5, 5.41) is 10.4. The van der Waals surface area contributed by atoms with E-state index < -0.39 is 4.92 Å². The van der Waals surface area contributed by atoms with Gasteiger partial charge in [-0.2, -0.15) is 0 Å². The lowest BCUT2D eigenvalue weighted by Gasteiger charge is -2.11. The van der Waals surface area contributed by atoms with Gasteiger partial charge >= 0.3 is 0 Å². The van der Waals surface area contributed by atoms with Gasteiger partial charge in [0.2, 0.25) is 0 Å². The highest BCUT2D eigenvalue weighted by Crippen LogP contribution is 2.33. The molecule has 2 aromatic rings. The molecule has 2 amide bonds. The number of amides is 2. The number of non-ortho nitro benzene ring substituents is 1. The van der Waals surface area contributed by atoms with E-state index in [-0.39, 0.29) is 16.8 Å². The number of rotatable bonds is 7. The molecule has 2 heterocycles. The van der Waals surface area contributed by atoms with Gasteiger partial charge in [0.15, 0.2) is 0 Å². The minimum atomic E-state index is -0.472. The lowest BCUT2D eigenvalue weighted by atomic mass is 10.1. The van der Waals surface area contributed by atoms with Crippen molar-refractivity contribution < 1.29 is 23.7 Å². The second-order valence-corrected chi connectivity index (χ2v) is 6.68. The standard InChI is InChI=1S/C18H16N2O6S/c1-25-10-2-9-19-17(21)16(27-18(19)22)11-14-7-8-15(26-14)12-3-5-13(6-4-12)20(23)24/h3-8,11H,2,9-10H2,1H3/b16-11-. The predicted octanol–water partition coefficient (Wildman–Crippen LogP) is 3.93. The average Bonchev–Trinajstić information content (AvgIpc) is 3.22. The summed E-state index contributed by atoms with van der Waals surface area (Å²) in [4.78, 5) is 36.1. The Labute approximate surface area is 158 Å². The molecule has 1 aromatic carbocycles. The number of furan rings is 1. The van der Waals surface area contributed by atoms with E-state index in [0.29, 0.717) is 41.6 Å². The number of carbonyl (C=O) groups excluding carboxylic acids is 2. The number of carbonyl (C=O) groups is 2. The van der Waals surface area contributed by atoms with Crippen LogP contribution in [0.2, 0.25) is 0 Å². The molecule has 140 valence electrons. The van der Waals surface area contributed by atoms with Crippen molar-refractivity contribution in [2.24, 2.45) is 0 Å². The van der Waals surface area contributed by atoms with E-state index in [1.54, 1.807) is 31.4 Å². The lowest BCUT2D eigenvalue weighted by molar-refractivity contribution is -0.384. The summed E-state index contributed by atoms with van der Waals surface area (Å²) in [7, 11) is 1.56. The third-order valence-electron chi connectivity index (χ3n) is 3.87. The molecular weight excluding hydrogens is 372 g/mol. The van der Waals surface area contributed by atoms with E-state index in [1.165, 1.54) is 23.1 Å². The summed E-state index contributed by atoms with van der Waals surface area (Å²) in [6.45, 7) is 0.777. The summed E-state index contributed by atoms with van der Waals surface area (Å²) in [5.41, 5.74) is 0.667. The van der Waals surface area contributed by atoms with E-state index in [1.807, 2.05) is 0 Å². The van der Waals surface area contributed by atoms with E-state index in [0.717, 1.165) is 11.8 Å². The van der Waals surface area contributed by atoms with Gasteiger partial charge in [0, 0.05) is 44.0 Å². The van der Waals surface area contributed by atoms with Gasteiger partial charge in [-0.05, 0) is 42.4 Å². The fraction of sp³-hybridized carbons (Fsp3) is 0.222. The predicted molar refractivity (Wildman–Crippen MR) is 100.0 cm³/mol. The molecule has 1 fully saturated rings. The van der Waals surface area contributed by atoms with Gasteiger partial charge in [-0.25, -0.2) is 0 Å². The molecule has 0 atom stereocenters. The number of nitro benzene ring substituents is 1. The van der Waals surface area contributed by atoms with Crippen molar-refractivity contribution in [1.29, 1.82) is 0 Å². The quantitative estimate of drug-likeness (QED) is 0.306. The molecule has 8 nitrogen and oxygen atoms in total. The van der Waals surface area contributed by atoms with Crippen molar-refractivity contribution in [2.75, 3.05) is 20.3 Å². The molecule has 1 aliphatic heterocycles. The Morgan fingerprint density at radius 1 is 1.22 bits per heavy atom. The minimum absolute atomic E-state index is 0.00678. The van der Waals surface area contributed by atoms with Crippen LogP contribution in [0.4, 0.5) is 10.5 Å². The van der Waals surface area contributed by atoms with E-state index in [2.05, 4.69) is 0 Å². The van der Waals surface area contributed by atoms with Gasteiger partial charge in [0.25, 0.3) is 16.8 Å². The van der Waals surface area contributed by atoms with Gasteiger partial charge in [-0.15, -0.1) is 0 Å². The van der Waals surface area contributed by atoms with Gasteiger partial charge in [-0.3, -0.25) is 24.6 Å². The first-order valence-electron chi connectivity index (χ1n) is 8.08. The topological polar surface area (TPSA) is 103 Å². The molecule has 1 aliphatic rings. The molecule has 27 heavy (non-hydrogen) atoms. The Morgan fingerprint density at radius 3 is 2.63 bits per heavy atom. The SMILES string of the molecule is COCCCN1C(=O)S/C(=C\c2ccc(-c3ccc([N+](=O)[O-])cc3)o2)C1=O. The first kappa shape index (κ1) is 18.9. The molecule has 0 spiro atoms. The van der Waals surface area contributed by atoms with Gasteiger partial charge in [0.05, 0.1) is 9.83 Å². The van der Waals surface area contributed by atoms with Crippen LogP contribution in [0.1, 0.15) is 12.2 Å². The smallest absolute Gasteiger partial charge is 0.293 e. The second kappa shape index (κ2) is 8.19. The minimum Gasteiger partial charge on any atom is -0.457 e. The Hall–Kier alpha value is -2.91. The van der Waals surface area contributed by atoms with E-state index in [9.17, 15) is 19.7 Å². The Bertz CT molecular complexity index is 903. The number of ether oxygens (including phenoxy) is 1. The van der Waals surface area contributed by atoms with E-state index >= 15 is 0 Å². The van der Waals surface area contributed by atoms with E-state index in [4.69, 9.17) is 9.15 Å². The molecule has 0 bridgehead atoms. The van der Waals surface area contributed by atoms with Crippen LogP contribution in [0.3, 0.4) is 0 Å². The van der Waals surface area contributed by atoms with Crippen LogP contribution in [-0.2, 0) is 9.53 Å². The largest absolute Gasteiger partial charge is 0.457 e. The maximum Gasteiger partial charge on any atom is 0.293 e. The Balaban J connectivity index is 1.74. The lowest BCUT2D eigenvalue weighted by Crippen LogP contribution is -2.29. The number of hydrogen-bond acceptors (Lipinski definition) is 7. The fourth-order valence-corrected chi connectivity index (χ4v) is 3.37.